The van der Waals surface area contributed by atoms with Gasteiger partial charge in [0.15, 0.2) is 0 Å². The van der Waals surface area contributed by atoms with E-state index in [4.69, 9.17) is 5.73 Å². The first-order valence-corrected chi connectivity index (χ1v) is 5.21. The van der Waals surface area contributed by atoms with Crippen molar-refractivity contribution >= 4 is 11.4 Å². The third-order valence-corrected chi connectivity index (χ3v) is 2.59. The summed E-state index contributed by atoms with van der Waals surface area (Å²) in [5.74, 6) is 0. The summed E-state index contributed by atoms with van der Waals surface area (Å²) in [6, 6.07) is 4.08. The van der Waals surface area contributed by atoms with Gasteiger partial charge in [-0.25, -0.2) is 0 Å². The smallest absolute Gasteiger partial charge is 0.0426 e. The standard InChI is InChI=1S/C12H20N2/c1-5-14(6-2)12-9(3)7-11(13)8-10(12)4/h7-8H,5-6,13H2,1-4H3. The Morgan fingerprint density at radius 2 is 1.50 bits per heavy atom. The van der Waals surface area contributed by atoms with Crippen LogP contribution >= 0.6 is 0 Å². The average molecular weight is 192 g/mol. The van der Waals surface area contributed by atoms with Crippen LogP contribution in [0.4, 0.5) is 11.4 Å². The highest BCUT2D eigenvalue weighted by Crippen LogP contribution is 2.26. The third kappa shape index (κ3) is 2.00. The summed E-state index contributed by atoms with van der Waals surface area (Å²) < 4.78 is 0. The minimum absolute atomic E-state index is 0.857. The molecule has 0 radical (unpaired) electrons. The Morgan fingerprint density at radius 1 is 1.07 bits per heavy atom. The van der Waals surface area contributed by atoms with Crippen molar-refractivity contribution in [1.29, 1.82) is 0 Å². The summed E-state index contributed by atoms with van der Waals surface area (Å²) in [6.45, 7) is 10.7. The average Bonchev–Trinajstić information content (AvgIpc) is 2.10. The maximum absolute atomic E-state index is 5.79. The fraction of sp³-hybridized carbons (Fsp3) is 0.500. The Morgan fingerprint density at radius 3 is 1.86 bits per heavy atom. The molecule has 0 saturated heterocycles. The van der Waals surface area contributed by atoms with Gasteiger partial charge in [0, 0.05) is 24.5 Å². The van der Waals surface area contributed by atoms with Gasteiger partial charge in [-0.05, 0) is 51.0 Å². The van der Waals surface area contributed by atoms with E-state index in [1.54, 1.807) is 0 Å². The van der Waals surface area contributed by atoms with E-state index in [2.05, 4.69) is 32.6 Å². The van der Waals surface area contributed by atoms with Crippen molar-refractivity contribution < 1.29 is 0 Å². The number of anilines is 2. The van der Waals surface area contributed by atoms with E-state index in [1.807, 2.05) is 12.1 Å². The molecule has 0 fully saturated rings. The summed E-state index contributed by atoms with van der Waals surface area (Å²) >= 11 is 0. The number of nitrogens with zero attached hydrogens (tertiary/aromatic N) is 1. The number of benzene rings is 1. The van der Waals surface area contributed by atoms with Crippen LogP contribution in [0, 0.1) is 13.8 Å². The molecule has 0 aliphatic rings. The van der Waals surface area contributed by atoms with Gasteiger partial charge >= 0.3 is 0 Å². The van der Waals surface area contributed by atoms with Crippen molar-refractivity contribution in [2.45, 2.75) is 27.7 Å². The van der Waals surface area contributed by atoms with Crippen LogP contribution < -0.4 is 10.6 Å². The zero-order valence-electron chi connectivity index (χ0n) is 9.59. The topological polar surface area (TPSA) is 29.3 Å². The van der Waals surface area contributed by atoms with Crippen LogP contribution in [0.25, 0.3) is 0 Å². The second kappa shape index (κ2) is 4.36. The molecule has 0 unspecified atom stereocenters. The first kappa shape index (κ1) is 10.9. The fourth-order valence-electron chi connectivity index (χ4n) is 2.03. The number of nitrogen functional groups attached to an aromatic ring is 1. The van der Waals surface area contributed by atoms with E-state index in [-0.39, 0.29) is 0 Å². The zero-order valence-corrected chi connectivity index (χ0v) is 9.59. The summed E-state index contributed by atoms with van der Waals surface area (Å²) in [4.78, 5) is 2.37. The highest BCUT2D eigenvalue weighted by Gasteiger charge is 2.09. The van der Waals surface area contributed by atoms with Gasteiger partial charge in [0.1, 0.15) is 0 Å². The van der Waals surface area contributed by atoms with Crippen molar-refractivity contribution in [2.24, 2.45) is 0 Å². The van der Waals surface area contributed by atoms with Crippen LogP contribution in [-0.4, -0.2) is 13.1 Å². The van der Waals surface area contributed by atoms with Crippen LogP contribution in [0.1, 0.15) is 25.0 Å². The minimum atomic E-state index is 0.857. The Labute approximate surface area is 86.7 Å². The first-order chi connectivity index (χ1) is 6.60. The van der Waals surface area contributed by atoms with Gasteiger partial charge in [0.2, 0.25) is 0 Å². The van der Waals surface area contributed by atoms with Crippen LogP contribution in [0.3, 0.4) is 0 Å². The second-order valence-corrected chi connectivity index (χ2v) is 3.68. The highest BCUT2D eigenvalue weighted by atomic mass is 15.1. The lowest BCUT2D eigenvalue weighted by atomic mass is 10.1. The largest absolute Gasteiger partial charge is 0.399 e. The fourth-order valence-corrected chi connectivity index (χ4v) is 2.03. The lowest BCUT2D eigenvalue weighted by Crippen LogP contribution is -2.23. The number of aryl methyl sites for hydroxylation is 2. The van der Waals surface area contributed by atoms with Gasteiger partial charge < -0.3 is 10.6 Å². The minimum Gasteiger partial charge on any atom is -0.399 e. The van der Waals surface area contributed by atoms with E-state index in [0.29, 0.717) is 0 Å². The Hall–Kier alpha value is -1.18. The van der Waals surface area contributed by atoms with E-state index in [1.165, 1.54) is 16.8 Å². The highest BCUT2D eigenvalue weighted by molar-refractivity contribution is 5.64. The third-order valence-electron chi connectivity index (χ3n) is 2.59. The lowest BCUT2D eigenvalue weighted by Gasteiger charge is -2.25. The molecule has 78 valence electrons. The molecule has 2 nitrogen and oxygen atoms in total. The molecule has 0 bridgehead atoms. The Bertz CT molecular complexity index is 291. The SMILES string of the molecule is CCN(CC)c1c(C)cc(N)cc1C. The number of hydrogen-bond donors (Lipinski definition) is 1. The molecular formula is C12H20N2. The van der Waals surface area contributed by atoms with Crippen LogP contribution in [0.5, 0.6) is 0 Å². The van der Waals surface area contributed by atoms with Crippen LogP contribution in [0.15, 0.2) is 12.1 Å². The monoisotopic (exact) mass is 192 g/mol. The van der Waals surface area contributed by atoms with Crippen molar-refractivity contribution in [3.8, 4) is 0 Å². The van der Waals surface area contributed by atoms with Gasteiger partial charge in [-0.2, -0.15) is 0 Å². The van der Waals surface area contributed by atoms with E-state index < -0.39 is 0 Å². The van der Waals surface area contributed by atoms with Gasteiger partial charge in [-0.15, -0.1) is 0 Å². The quantitative estimate of drug-likeness (QED) is 0.746. The lowest BCUT2D eigenvalue weighted by molar-refractivity contribution is 0.857. The summed E-state index contributed by atoms with van der Waals surface area (Å²) in [5, 5.41) is 0. The van der Waals surface area contributed by atoms with Crippen LogP contribution in [-0.2, 0) is 0 Å². The molecule has 0 saturated carbocycles. The van der Waals surface area contributed by atoms with Crippen molar-refractivity contribution in [3.63, 3.8) is 0 Å². The zero-order chi connectivity index (χ0) is 10.7. The molecule has 0 aliphatic heterocycles. The van der Waals surface area contributed by atoms with Gasteiger partial charge in [-0.3, -0.25) is 0 Å². The summed E-state index contributed by atoms with van der Waals surface area (Å²) in [5.41, 5.74) is 10.5. The molecule has 1 rings (SSSR count). The molecule has 1 aromatic carbocycles. The second-order valence-electron chi connectivity index (χ2n) is 3.68. The molecule has 2 N–H and O–H groups in total. The molecule has 0 spiro atoms. The predicted molar refractivity (Wildman–Crippen MR) is 63.9 cm³/mol. The molecule has 14 heavy (non-hydrogen) atoms. The maximum atomic E-state index is 5.79. The van der Waals surface area contributed by atoms with Gasteiger partial charge in [0.05, 0.1) is 0 Å². The Balaban J connectivity index is 3.19. The van der Waals surface area contributed by atoms with E-state index >= 15 is 0 Å². The van der Waals surface area contributed by atoms with Gasteiger partial charge in [-0.1, -0.05) is 0 Å². The maximum Gasteiger partial charge on any atom is 0.0426 e. The molecule has 0 aliphatic carbocycles. The first-order valence-electron chi connectivity index (χ1n) is 5.21. The molecule has 0 atom stereocenters. The van der Waals surface area contributed by atoms with E-state index in [0.717, 1.165) is 18.8 Å². The summed E-state index contributed by atoms with van der Waals surface area (Å²) in [6.07, 6.45) is 0. The summed E-state index contributed by atoms with van der Waals surface area (Å²) in [7, 11) is 0. The molecule has 0 aromatic heterocycles. The molecule has 0 heterocycles. The predicted octanol–water partition coefficient (Wildman–Crippen LogP) is 2.73. The van der Waals surface area contributed by atoms with Gasteiger partial charge in [0.25, 0.3) is 0 Å². The molecular weight excluding hydrogens is 172 g/mol. The van der Waals surface area contributed by atoms with Crippen molar-refractivity contribution in [3.05, 3.63) is 23.3 Å². The van der Waals surface area contributed by atoms with Crippen molar-refractivity contribution in [2.75, 3.05) is 23.7 Å². The molecule has 0 amide bonds. The molecule has 2 heteroatoms. The van der Waals surface area contributed by atoms with Crippen molar-refractivity contribution in [1.82, 2.24) is 0 Å². The molecule has 1 aromatic rings. The Kier molecular flexibility index (Phi) is 3.39. The van der Waals surface area contributed by atoms with Crippen LogP contribution in [0.2, 0.25) is 0 Å². The number of hydrogen-bond acceptors (Lipinski definition) is 2. The number of rotatable bonds is 3. The van der Waals surface area contributed by atoms with E-state index in [9.17, 15) is 0 Å². The number of nitrogens with two attached hydrogens (primary N) is 1. The normalized spacial score (nSPS) is 10.3.